The Morgan fingerprint density at radius 3 is 2.07 bits per heavy atom. The minimum absolute atomic E-state index is 0.104. The minimum atomic E-state index is 0.104. The first-order valence-corrected chi connectivity index (χ1v) is 5.32. The van der Waals surface area contributed by atoms with Gasteiger partial charge in [-0.05, 0) is 35.4 Å². The Labute approximate surface area is 91.6 Å². The second-order valence-electron chi connectivity index (χ2n) is 5.12. The normalized spacial score (nSPS) is 13.9. The molecule has 0 fully saturated rings. The van der Waals surface area contributed by atoms with Crippen LogP contribution in [-0.4, -0.2) is 16.8 Å². The molecular weight excluding hydrogens is 188 g/mol. The Hall–Kier alpha value is -1.02. The zero-order valence-corrected chi connectivity index (χ0v) is 9.70. The van der Waals surface area contributed by atoms with Gasteiger partial charge in [0.2, 0.25) is 0 Å². The van der Waals surface area contributed by atoms with Crippen molar-refractivity contribution in [2.24, 2.45) is 11.3 Å². The van der Waals surface area contributed by atoms with Gasteiger partial charge in [-0.1, -0.05) is 32.9 Å². The van der Waals surface area contributed by atoms with Crippen LogP contribution in [-0.2, 0) is 6.42 Å². The molecule has 0 radical (unpaired) electrons. The smallest absolute Gasteiger partial charge is 0.115 e. The maximum Gasteiger partial charge on any atom is 0.115 e. The summed E-state index contributed by atoms with van der Waals surface area (Å²) >= 11 is 0. The van der Waals surface area contributed by atoms with E-state index in [9.17, 15) is 5.11 Å². The fraction of sp³-hybridized carbons (Fsp3) is 0.538. The Bertz CT molecular complexity index is 295. The monoisotopic (exact) mass is 208 g/mol. The molecule has 0 spiro atoms. The van der Waals surface area contributed by atoms with Crippen LogP contribution in [0.4, 0.5) is 0 Å². The summed E-state index contributed by atoms with van der Waals surface area (Å²) in [5, 5.41) is 18.5. The summed E-state index contributed by atoms with van der Waals surface area (Å²) in [7, 11) is 0. The summed E-state index contributed by atoms with van der Waals surface area (Å²) in [5.41, 5.74) is 1.26. The molecule has 1 aromatic carbocycles. The van der Waals surface area contributed by atoms with E-state index >= 15 is 0 Å². The predicted octanol–water partition coefficient (Wildman–Crippen LogP) is 2.59. The minimum Gasteiger partial charge on any atom is -0.508 e. The van der Waals surface area contributed by atoms with Crippen LogP contribution in [0.2, 0.25) is 0 Å². The molecule has 0 heterocycles. The topological polar surface area (TPSA) is 40.5 Å². The molecule has 2 nitrogen and oxygen atoms in total. The van der Waals surface area contributed by atoms with Crippen molar-refractivity contribution in [3.8, 4) is 5.75 Å². The summed E-state index contributed by atoms with van der Waals surface area (Å²) < 4.78 is 0. The first-order valence-electron chi connectivity index (χ1n) is 5.32. The number of phenolic OH excluding ortho intramolecular Hbond substituents is 1. The van der Waals surface area contributed by atoms with Crippen molar-refractivity contribution >= 4 is 0 Å². The summed E-state index contributed by atoms with van der Waals surface area (Å²) in [4.78, 5) is 0. The van der Waals surface area contributed by atoms with Crippen LogP contribution in [0, 0.1) is 11.3 Å². The van der Waals surface area contributed by atoms with Crippen molar-refractivity contribution in [3.63, 3.8) is 0 Å². The van der Waals surface area contributed by atoms with Crippen LogP contribution in [0.1, 0.15) is 26.3 Å². The van der Waals surface area contributed by atoms with Crippen LogP contribution < -0.4 is 0 Å². The average molecular weight is 208 g/mol. The number of benzene rings is 1. The fourth-order valence-corrected chi connectivity index (χ4v) is 1.56. The van der Waals surface area contributed by atoms with Crippen molar-refractivity contribution < 1.29 is 10.2 Å². The van der Waals surface area contributed by atoms with E-state index in [-0.39, 0.29) is 23.7 Å². The van der Waals surface area contributed by atoms with E-state index < -0.39 is 0 Å². The number of aromatic hydroxyl groups is 1. The van der Waals surface area contributed by atoms with Gasteiger partial charge >= 0.3 is 0 Å². The molecule has 0 saturated heterocycles. The molecule has 1 aromatic rings. The quantitative estimate of drug-likeness (QED) is 0.801. The highest BCUT2D eigenvalue weighted by atomic mass is 16.3. The van der Waals surface area contributed by atoms with Gasteiger partial charge < -0.3 is 10.2 Å². The molecule has 2 N–H and O–H groups in total. The SMILES string of the molecule is CC(C)(C)C(CO)Cc1ccc(O)cc1. The first-order chi connectivity index (χ1) is 6.93. The maximum absolute atomic E-state index is 9.33. The van der Waals surface area contributed by atoms with Gasteiger partial charge in [-0.2, -0.15) is 0 Å². The van der Waals surface area contributed by atoms with Crippen molar-refractivity contribution in [3.05, 3.63) is 29.8 Å². The molecule has 84 valence electrons. The Kier molecular flexibility index (Phi) is 3.75. The van der Waals surface area contributed by atoms with E-state index in [2.05, 4.69) is 20.8 Å². The number of phenols is 1. The zero-order valence-electron chi connectivity index (χ0n) is 9.70. The molecule has 0 bridgehead atoms. The Morgan fingerprint density at radius 1 is 1.13 bits per heavy atom. The summed E-state index contributed by atoms with van der Waals surface area (Å²) in [6.07, 6.45) is 0.847. The third-order valence-electron chi connectivity index (χ3n) is 2.86. The fourth-order valence-electron chi connectivity index (χ4n) is 1.56. The maximum atomic E-state index is 9.33. The van der Waals surface area contributed by atoms with Crippen LogP contribution in [0.25, 0.3) is 0 Å². The molecule has 1 unspecified atom stereocenters. The summed E-state index contributed by atoms with van der Waals surface area (Å²) in [6, 6.07) is 7.19. The van der Waals surface area contributed by atoms with Gasteiger partial charge in [0.1, 0.15) is 5.75 Å². The third-order valence-corrected chi connectivity index (χ3v) is 2.86. The lowest BCUT2D eigenvalue weighted by Gasteiger charge is -2.29. The second kappa shape index (κ2) is 4.67. The van der Waals surface area contributed by atoms with E-state index in [1.54, 1.807) is 12.1 Å². The highest BCUT2D eigenvalue weighted by Gasteiger charge is 2.23. The zero-order chi connectivity index (χ0) is 11.5. The van der Waals surface area contributed by atoms with Gasteiger partial charge in [0.05, 0.1) is 0 Å². The highest BCUT2D eigenvalue weighted by Crippen LogP contribution is 2.28. The van der Waals surface area contributed by atoms with Crippen molar-refractivity contribution in [2.75, 3.05) is 6.61 Å². The number of aliphatic hydroxyl groups is 1. The first kappa shape index (κ1) is 12.1. The number of hydrogen-bond acceptors (Lipinski definition) is 2. The van der Waals surface area contributed by atoms with Crippen LogP contribution in [0.15, 0.2) is 24.3 Å². The average Bonchev–Trinajstić information content (AvgIpc) is 2.15. The summed E-state index contributed by atoms with van der Waals surface area (Å²) in [6.45, 7) is 6.60. The van der Waals surface area contributed by atoms with Gasteiger partial charge in [-0.3, -0.25) is 0 Å². The van der Waals surface area contributed by atoms with E-state index in [0.717, 1.165) is 12.0 Å². The van der Waals surface area contributed by atoms with Gasteiger partial charge in [0.25, 0.3) is 0 Å². The Balaban J connectivity index is 2.71. The molecule has 0 amide bonds. The van der Waals surface area contributed by atoms with Crippen molar-refractivity contribution in [1.82, 2.24) is 0 Å². The molecule has 1 atom stereocenters. The third kappa shape index (κ3) is 3.56. The molecule has 0 aromatic heterocycles. The second-order valence-corrected chi connectivity index (χ2v) is 5.12. The summed E-state index contributed by atoms with van der Waals surface area (Å²) in [5.74, 6) is 0.539. The molecule has 2 heteroatoms. The Morgan fingerprint density at radius 2 is 1.67 bits per heavy atom. The number of hydrogen-bond donors (Lipinski definition) is 2. The van der Waals surface area contributed by atoms with Crippen molar-refractivity contribution in [2.45, 2.75) is 27.2 Å². The molecule has 0 aliphatic heterocycles. The molecular formula is C13H20O2. The van der Waals surface area contributed by atoms with Gasteiger partial charge in [-0.25, -0.2) is 0 Å². The van der Waals surface area contributed by atoms with Crippen LogP contribution in [0.3, 0.4) is 0 Å². The van der Waals surface area contributed by atoms with E-state index in [1.807, 2.05) is 12.1 Å². The number of aliphatic hydroxyl groups excluding tert-OH is 1. The lowest BCUT2D eigenvalue weighted by atomic mass is 9.78. The molecule has 1 rings (SSSR count). The van der Waals surface area contributed by atoms with Gasteiger partial charge in [-0.15, -0.1) is 0 Å². The molecule has 0 aliphatic carbocycles. The van der Waals surface area contributed by atoms with E-state index in [1.165, 1.54) is 0 Å². The lowest BCUT2D eigenvalue weighted by Crippen LogP contribution is -2.25. The highest BCUT2D eigenvalue weighted by molar-refractivity contribution is 5.26. The molecule has 0 saturated carbocycles. The van der Waals surface area contributed by atoms with E-state index in [4.69, 9.17) is 5.11 Å². The van der Waals surface area contributed by atoms with E-state index in [0.29, 0.717) is 0 Å². The van der Waals surface area contributed by atoms with Crippen molar-refractivity contribution in [1.29, 1.82) is 0 Å². The van der Waals surface area contributed by atoms with Crippen LogP contribution in [0.5, 0.6) is 5.75 Å². The van der Waals surface area contributed by atoms with Crippen LogP contribution >= 0.6 is 0 Å². The molecule has 15 heavy (non-hydrogen) atoms. The lowest BCUT2D eigenvalue weighted by molar-refractivity contribution is 0.131. The van der Waals surface area contributed by atoms with Gasteiger partial charge in [0, 0.05) is 6.61 Å². The number of rotatable bonds is 3. The predicted molar refractivity (Wildman–Crippen MR) is 61.8 cm³/mol. The van der Waals surface area contributed by atoms with Gasteiger partial charge in [0.15, 0.2) is 0 Å². The molecule has 0 aliphatic rings. The largest absolute Gasteiger partial charge is 0.508 e. The standard InChI is InChI=1S/C13H20O2/c1-13(2,3)11(9-14)8-10-4-6-12(15)7-5-10/h4-7,11,14-15H,8-9H2,1-3H3.